The number of carbonyl (C=O) groups excluding carboxylic acids is 1. The molecule has 1 aromatic carbocycles. The second kappa shape index (κ2) is 8.11. The van der Waals surface area contributed by atoms with Crippen molar-refractivity contribution in [1.29, 1.82) is 0 Å². The molecule has 1 atom stereocenters. The van der Waals surface area contributed by atoms with Gasteiger partial charge in [0.25, 0.3) is 5.91 Å². The Morgan fingerprint density at radius 3 is 2.80 bits per heavy atom. The van der Waals surface area contributed by atoms with Gasteiger partial charge < -0.3 is 11.1 Å². The highest BCUT2D eigenvalue weighted by Crippen LogP contribution is 2.30. The molecule has 0 fully saturated rings. The molecular weight excluding hydrogens is 335 g/mol. The van der Waals surface area contributed by atoms with Gasteiger partial charge >= 0.3 is 6.18 Å². The Hall–Kier alpha value is -2.42. The zero-order valence-electron chi connectivity index (χ0n) is 13.8. The van der Waals surface area contributed by atoms with Crippen LogP contribution in [0.25, 0.3) is 5.69 Å². The largest absolute Gasteiger partial charge is 0.416 e. The van der Waals surface area contributed by atoms with E-state index in [-0.39, 0.29) is 17.4 Å². The molecule has 2 aromatic rings. The summed E-state index contributed by atoms with van der Waals surface area (Å²) in [7, 11) is 0. The summed E-state index contributed by atoms with van der Waals surface area (Å²) in [5, 5.41) is 10.2. The van der Waals surface area contributed by atoms with E-state index in [1.807, 2.05) is 6.92 Å². The van der Waals surface area contributed by atoms with Crippen molar-refractivity contribution >= 4 is 5.91 Å². The smallest absolute Gasteiger partial charge is 0.347 e. The van der Waals surface area contributed by atoms with E-state index in [0.29, 0.717) is 6.54 Å². The normalized spacial score (nSPS) is 12.8. The number of nitrogens with one attached hydrogen (secondary N) is 1. The third kappa shape index (κ3) is 5.02. The summed E-state index contributed by atoms with van der Waals surface area (Å²) in [6.45, 7) is 2.34. The van der Waals surface area contributed by atoms with Gasteiger partial charge in [-0.15, -0.1) is 5.10 Å². The molecule has 3 N–H and O–H groups in total. The molecule has 1 amide bonds. The Kier molecular flexibility index (Phi) is 6.13. The second-order valence-electron chi connectivity index (χ2n) is 5.64. The molecule has 1 heterocycles. The first-order valence-electron chi connectivity index (χ1n) is 7.96. The summed E-state index contributed by atoms with van der Waals surface area (Å²) in [5.74, 6) is -0.454. The standard InChI is InChI=1S/C16H20F3N5O/c1-2-3-6-12(9-20)21-15(25)14-10-24(23-22-14)13-7-4-5-11(8-13)16(17,18)19/h4-5,7-8,10,12H,2-3,6,9,20H2,1H3,(H,21,25). The number of unbranched alkanes of at least 4 members (excludes halogenated alkanes) is 1. The van der Waals surface area contributed by atoms with Crippen LogP contribution in [0.1, 0.15) is 42.2 Å². The zero-order valence-corrected chi connectivity index (χ0v) is 13.8. The molecule has 0 spiro atoms. The Balaban J connectivity index is 2.13. The van der Waals surface area contributed by atoms with Gasteiger partial charge in [-0.25, -0.2) is 4.68 Å². The highest BCUT2D eigenvalue weighted by molar-refractivity contribution is 5.92. The molecular formula is C16H20F3N5O. The molecule has 9 heteroatoms. The number of rotatable bonds is 7. The van der Waals surface area contributed by atoms with Crippen LogP contribution in [0.5, 0.6) is 0 Å². The van der Waals surface area contributed by atoms with E-state index in [2.05, 4.69) is 15.6 Å². The number of amides is 1. The average molecular weight is 355 g/mol. The van der Waals surface area contributed by atoms with Crippen molar-refractivity contribution in [2.45, 2.75) is 38.4 Å². The van der Waals surface area contributed by atoms with E-state index in [9.17, 15) is 18.0 Å². The number of nitrogens with zero attached hydrogens (tertiary/aromatic N) is 3. The lowest BCUT2D eigenvalue weighted by Crippen LogP contribution is -2.40. The molecule has 2 rings (SSSR count). The third-order valence-electron chi connectivity index (χ3n) is 3.69. The fraction of sp³-hybridized carbons (Fsp3) is 0.438. The molecule has 136 valence electrons. The van der Waals surface area contributed by atoms with E-state index in [1.165, 1.54) is 18.3 Å². The summed E-state index contributed by atoms with van der Waals surface area (Å²) in [4.78, 5) is 12.2. The van der Waals surface area contributed by atoms with Crippen molar-refractivity contribution in [2.75, 3.05) is 6.54 Å². The predicted molar refractivity (Wildman–Crippen MR) is 86.2 cm³/mol. The fourth-order valence-electron chi connectivity index (χ4n) is 2.28. The number of nitrogens with two attached hydrogens (primary N) is 1. The van der Waals surface area contributed by atoms with E-state index in [4.69, 9.17) is 5.73 Å². The van der Waals surface area contributed by atoms with Crippen molar-refractivity contribution in [3.63, 3.8) is 0 Å². The Morgan fingerprint density at radius 2 is 2.16 bits per heavy atom. The van der Waals surface area contributed by atoms with Crippen LogP contribution >= 0.6 is 0 Å². The molecule has 0 saturated heterocycles. The van der Waals surface area contributed by atoms with E-state index in [1.54, 1.807) is 0 Å². The van der Waals surface area contributed by atoms with Crippen LogP contribution in [0.3, 0.4) is 0 Å². The highest BCUT2D eigenvalue weighted by Gasteiger charge is 2.30. The van der Waals surface area contributed by atoms with E-state index >= 15 is 0 Å². The average Bonchev–Trinajstić information content (AvgIpc) is 3.08. The van der Waals surface area contributed by atoms with Crippen molar-refractivity contribution in [1.82, 2.24) is 20.3 Å². The van der Waals surface area contributed by atoms with Crippen LogP contribution in [0, 0.1) is 0 Å². The minimum absolute atomic E-state index is 0.0207. The van der Waals surface area contributed by atoms with Gasteiger partial charge in [-0.2, -0.15) is 13.2 Å². The Bertz CT molecular complexity index is 714. The fourth-order valence-corrected chi connectivity index (χ4v) is 2.28. The predicted octanol–water partition coefficient (Wildman–Crippen LogP) is 2.53. The van der Waals surface area contributed by atoms with E-state index in [0.717, 1.165) is 36.1 Å². The maximum atomic E-state index is 12.8. The lowest BCUT2D eigenvalue weighted by molar-refractivity contribution is -0.137. The van der Waals surface area contributed by atoms with Gasteiger partial charge in [0.2, 0.25) is 0 Å². The molecule has 0 aliphatic carbocycles. The van der Waals surface area contributed by atoms with Gasteiger partial charge in [0, 0.05) is 12.6 Å². The summed E-state index contributed by atoms with van der Waals surface area (Å²) >= 11 is 0. The summed E-state index contributed by atoms with van der Waals surface area (Å²) in [6, 6.07) is 4.46. The molecule has 1 unspecified atom stereocenters. The molecule has 0 aliphatic rings. The van der Waals surface area contributed by atoms with Crippen molar-refractivity contribution in [2.24, 2.45) is 5.73 Å². The summed E-state index contributed by atoms with van der Waals surface area (Å²) in [5.41, 5.74) is 5.02. The first-order valence-corrected chi connectivity index (χ1v) is 7.96. The van der Waals surface area contributed by atoms with Gasteiger partial charge in [0.05, 0.1) is 17.4 Å². The van der Waals surface area contributed by atoms with Gasteiger partial charge in [-0.05, 0) is 24.6 Å². The number of carbonyl (C=O) groups is 1. The number of halogens is 3. The third-order valence-corrected chi connectivity index (χ3v) is 3.69. The molecule has 6 nitrogen and oxygen atoms in total. The zero-order chi connectivity index (χ0) is 18.4. The van der Waals surface area contributed by atoms with Crippen LogP contribution < -0.4 is 11.1 Å². The highest BCUT2D eigenvalue weighted by atomic mass is 19.4. The van der Waals surface area contributed by atoms with E-state index < -0.39 is 17.6 Å². The molecule has 0 saturated carbocycles. The number of hydrogen-bond acceptors (Lipinski definition) is 4. The first-order chi connectivity index (χ1) is 11.8. The topological polar surface area (TPSA) is 85.8 Å². The minimum Gasteiger partial charge on any atom is -0.347 e. The number of aromatic nitrogens is 3. The molecule has 0 bridgehead atoms. The van der Waals surface area contributed by atoms with Gasteiger partial charge in [-0.1, -0.05) is 31.0 Å². The quantitative estimate of drug-likeness (QED) is 0.799. The summed E-state index contributed by atoms with van der Waals surface area (Å²) < 4.78 is 39.5. The van der Waals surface area contributed by atoms with Crippen LogP contribution in [0.2, 0.25) is 0 Å². The number of hydrogen-bond donors (Lipinski definition) is 2. The van der Waals surface area contributed by atoms with Crippen molar-refractivity contribution < 1.29 is 18.0 Å². The lowest BCUT2D eigenvalue weighted by atomic mass is 10.1. The van der Waals surface area contributed by atoms with Crippen molar-refractivity contribution in [3.05, 3.63) is 41.7 Å². The lowest BCUT2D eigenvalue weighted by Gasteiger charge is -2.15. The van der Waals surface area contributed by atoms with Crippen LogP contribution in [-0.4, -0.2) is 33.5 Å². The van der Waals surface area contributed by atoms with Gasteiger partial charge in [0.1, 0.15) is 0 Å². The van der Waals surface area contributed by atoms with Crippen LogP contribution in [0.15, 0.2) is 30.5 Å². The number of alkyl halides is 3. The van der Waals surface area contributed by atoms with Gasteiger partial charge in [0.15, 0.2) is 5.69 Å². The maximum Gasteiger partial charge on any atom is 0.416 e. The maximum absolute atomic E-state index is 12.8. The van der Waals surface area contributed by atoms with Crippen LogP contribution in [0.4, 0.5) is 13.2 Å². The molecule has 0 aliphatic heterocycles. The van der Waals surface area contributed by atoms with Crippen LogP contribution in [-0.2, 0) is 6.18 Å². The molecule has 1 aromatic heterocycles. The Morgan fingerprint density at radius 1 is 1.40 bits per heavy atom. The SMILES string of the molecule is CCCCC(CN)NC(=O)c1cn(-c2cccc(C(F)(F)F)c2)nn1. The first kappa shape index (κ1) is 18.9. The molecule has 0 radical (unpaired) electrons. The Labute approximate surface area is 143 Å². The molecule has 25 heavy (non-hydrogen) atoms. The minimum atomic E-state index is -4.45. The second-order valence-corrected chi connectivity index (χ2v) is 5.64. The monoisotopic (exact) mass is 355 g/mol. The van der Waals surface area contributed by atoms with Crippen molar-refractivity contribution in [3.8, 4) is 5.69 Å². The summed E-state index contributed by atoms with van der Waals surface area (Å²) in [6.07, 6.45) is -0.500. The number of benzene rings is 1. The van der Waals surface area contributed by atoms with Gasteiger partial charge in [-0.3, -0.25) is 4.79 Å².